The molecular formula is C18H18Cl2N2O3S. The fourth-order valence-corrected chi connectivity index (χ4v) is 4.97. The fourth-order valence-electron chi connectivity index (χ4n) is 2.82. The lowest BCUT2D eigenvalue weighted by Gasteiger charge is -2.26. The van der Waals surface area contributed by atoms with E-state index in [0.29, 0.717) is 23.8 Å². The van der Waals surface area contributed by atoms with E-state index in [9.17, 15) is 13.2 Å². The van der Waals surface area contributed by atoms with Gasteiger partial charge in [-0.15, -0.1) is 0 Å². The summed E-state index contributed by atoms with van der Waals surface area (Å²) >= 11 is 12.0. The van der Waals surface area contributed by atoms with Crippen molar-refractivity contribution in [2.45, 2.75) is 24.2 Å². The van der Waals surface area contributed by atoms with Crippen molar-refractivity contribution >= 4 is 44.8 Å². The van der Waals surface area contributed by atoms with Gasteiger partial charge in [-0.3, -0.25) is 4.79 Å². The number of nitrogens with zero attached hydrogens (tertiary/aromatic N) is 1. The molecule has 26 heavy (non-hydrogen) atoms. The van der Waals surface area contributed by atoms with E-state index >= 15 is 0 Å². The number of hydrogen-bond acceptors (Lipinski definition) is 3. The number of carbonyl (C=O) groups is 1. The summed E-state index contributed by atoms with van der Waals surface area (Å²) in [6, 6.07) is 10.9. The third-order valence-electron chi connectivity index (χ3n) is 4.23. The van der Waals surface area contributed by atoms with Crippen molar-refractivity contribution in [3.8, 4) is 0 Å². The molecule has 0 radical (unpaired) electrons. The van der Waals surface area contributed by atoms with Gasteiger partial charge in [0.25, 0.3) is 5.91 Å². The minimum Gasteiger partial charge on any atom is -0.322 e. The minimum atomic E-state index is -3.72. The van der Waals surface area contributed by atoms with E-state index < -0.39 is 15.9 Å². The molecule has 2 aromatic rings. The molecule has 138 valence electrons. The number of piperidine rings is 1. The van der Waals surface area contributed by atoms with Crippen molar-refractivity contribution in [3.63, 3.8) is 0 Å². The largest absolute Gasteiger partial charge is 0.322 e. The molecule has 1 aliphatic rings. The summed E-state index contributed by atoms with van der Waals surface area (Å²) < 4.78 is 27.2. The van der Waals surface area contributed by atoms with Gasteiger partial charge in [0, 0.05) is 29.4 Å². The van der Waals surface area contributed by atoms with Crippen molar-refractivity contribution in [1.82, 2.24) is 4.31 Å². The van der Waals surface area contributed by atoms with Crippen LogP contribution in [0.25, 0.3) is 0 Å². The van der Waals surface area contributed by atoms with Gasteiger partial charge in [0.05, 0.1) is 5.02 Å². The molecule has 0 spiro atoms. The standard InChI is InChI=1S/C18H18Cl2N2O3S/c19-14-5-7-15(8-6-14)21-18(23)13-4-9-16(20)17(12-13)26(24,25)22-10-2-1-3-11-22/h4-9,12H,1-3,10-11H2,(H,21,23). The SMILES string of the molecule is O=C(Nc1ccc(Cl)cc1)c1ccc(Cl)c(S(=O)(=O)N2CCCCC2)c1. The maximum absolute atomic E-state index is 12.9. The zero-order chi connectivity index (χ0) is 18.7. The molecule has 0 bridgehead atoms. The van der Waals surface area contributed by atoms with Crippen LogP contribution in [-0.2, 0) is 10.0 Å². The Balaban J connectivity index is 1.87. The Morgan fingerprint density at radius 3 is 2.27 bits per heavy atom. The fraction of sp³-hybridized carbons (Fsp3) is 0.278. The quantitative estimate of drug-likeness (QED) is 0.807. The summed E-state index contributed by atoms with van der Waals surface area (Å²) in [4.78, 5) is 12.4. The lowest BCUT2D eigenvalue weighted by molar-refractivity contribution is 0.102. The topological polar surface area (TPSA) is 66.5 Å². The van der Waals surface area contributed by atoms with E-state index in [-0.39, 0.29) is 15.5 Å². The molecule has 1 aliphatic heterocycles. The van der Waals surface area contributed by atoms with Crippen molar-refractivity contribution in [1.29, 1.82) is 0 Å². The number of anilines is 1. The van der Waals surface area contributed by atoms with Gasteiger partial charge < -0.3 is 5.32 Å². The minimum absolute atomic E-state index is 0.0372. The maximum Gasteiger partial charge on any atom is 0.255 e. The Morgan fingerprint density at radius 1 is 0.962 bits per heavy atom. The maximum atomic E-state index is 12.9. The first-order valence-electron chi connectivity index (χ1n) is 8.24. The molecule has 0 atom stereocenters. The van der Waals surface area contributed by atoms with E-state index in [2.05, 4.69) is 5.32 Å². The lowest BCUT2D eigenvalue weighted by Crippen LogP contribution is -2.35. The summed E-state index contributed by atoms with van der Waals surface area (Å²) in [5, 5.41) is 3.38. The summed E-state index contributed by atoms with van der Waals surface area (Å²) in [7, 11) is -3.72. The van der Waals surface area contributed by atoms with Gasteiger partial charge >= 0.3 is 0 Å². The van der Waals surface area contributed by atoms with Crippen LogP contribution in [0, 0.1) is 0 Å². The van der Waals surface area contributed by atoms with Gasteiger partial charge in [-0.1, -0.05) is 29.6 Å². The first kappa shape index (κ1) is 19.2. The Labute approximate surface area is 163 Å². The van der Waals surface area contributed by atoms with Crippen molar-refractivity contribution in [3.05, 3.63) is 58.1 Å². The monoisotopic (exact) mass is 412 g/mol. The number of amides is 1. The predicted octanol–water partition coefficient (Wildman–Crippen LogP) is 4.42. The van der Waals surface area contributed by atoms with Gasteiger partial charge in [0.1, 0.15) is 4.90 Å². The number of halogens is 2. The van der Waals surface area contributed by atoms with Crippen molar-refractivity contribution in [2.75, 3.05) is 18.4 Å². The molecule has 1 saturated heterocycles. The van der Waals surface area contributed by atoms with Crippen LogP contribution >= 0.6 is 23.2 Å². The molecule has 8 heteroatoms. The molecule has 1 heterocycles. The molecule has 1 amide bonds. The number of hydrogen-bond donors (Lipinski definition) is 1. The first-order chi connectivity index (χ1) is 12.4. The van der Waals surface area contributed by atoms with E-state index in [0.717, 1.165) is 19.3 Å². The number of sulfonamides is 1. The van der Waals surface area contributed by atoms with E-state index in [1.54, 1.807) is 24.3 Å². The molecule has 0 saturated carbocycles. The summed E-state index contributed by atoms with van der Waals surface area (Å²) in [5.74, 6) is -0.418. The third-order valence-corrected chi connectivity index (χ3v) is 6.86. The first-order valence-corrected chi connectivity index (χ1v) is 10.4. The highest BCUT2D eigenvalue weighted by Crippen LogP contribution is 2.28. The second-order valence-electron chi connectivity index (χ2n) is 6.07. The molecule has 5 nitrogen and oxygen atoms in total. The number of rotatable bonds is 4. The van der Waals surface area contributed by atoms with Gasteiger partial charge in [0.2, 0.25) is 10.0 Å². The molecule has 0 aromatic heterocycles. The smallest absolute Gasteiger partial charge is 0.255 e. The summed E-state index contributed by atoms with van der Waals surface area (Å²) in [5.41, 5.74) is 0.787. The predicted molar refractivity (Wildman–Crippen MR) is 103 cm³/mol. The zero-order valence-electron chi connectivity index (χ0n) is 13.9. The van der Waals surface area contributed by atoms with Crippen LogP contribution in [0.1, 0.15) is 29.6 Å². The van der Waals surface area contributed by atoms with Gasteiger partial charge in [0.15, 0.2) is 0 Å². The normalized spacial score (nSPS) is 15.6. The van der Waals surface area contributed by atoms with Crippen LogP contribution in [-0.4, -0.2) is 31.7 Å². The van der Waals surface area contributed by atoms with Crippen LogP contribution in [0.3, 0.4) is 0 Å². The molecule has 1 N–H and O–H groups in total. The molecule has 1 fully saturated rings. The Hall–Kier alpha value is -1.60. The van der Waals surface area contributed by atoms with Crippen LogP contribution in [0.2, 0.25) is 10.0 Å². The van der Waals surface area contributed by atoms with Crippen LogP contribution in [0.15, 0.2) is 47.4 Å². The molecule has 3 rings (SSSR count). The van der Waals surface area contributed by atoms with E-state index in [1.165, 1.54) is 22.5 Å². The van der Waals surface area contributed by atoms with Gasteiger partial charge in [-0.05, 0) is 55.3 Å². The highest BCUT2D eigenvalue weighted by Gasteiger charge is 2.28. The van der Waals surface area contributed by atoms with E-state index in [4.69, 9.17) is 23.2 Å². The van der Waals surface area contributed by atoms with Crippen LogP contribution < -0.4 is 5.32 Å². The van der Waals surface area contributed by atoms with Crippen molar-refractivity contribution in [2.24, 2.45) is 0 Å². The lowest BCUT2D eigenvalue weighted by atomic mass is 10.2. The second kappa shape index (κ2) is 7.96. The summed E-state index contributed by atoms with van der Waals surface area (Å²) in [6.45, 7) is 0.944. The Bertz CT molecular complexity index is 909. The molecular weight excluding hydrogens is 395 g/mol. The molecule has 0 unspecified atom stereocenters. The van der Waals surface area contributed by atoms with Crippen molar-refractivity contribution < 1.29 is 13.2 Å². The highest BCUT2D eigenvalue weighted by atomic mass is 35.5. The average molecular weight is 413 g/mol. The summed E-state index contributed by atoms with van der Waals surface area (Å²) in [6.07, 6.45) is 2.67. The van der Waals surface area contributed by atoms with Gasteiger partial charge in [-0.2, -0.15) is 4.31 Å². The van der Waals surface area contributed by atoms with E-state index in [1.807, 2.05) is 0 Å². The van der Waals surface area contributed by atoms with Gasteiger partial charge in [-0.25, -0.2) is 8.42 Å². The third kappa shape index (κ3) is 4.20. The highest BCUT2D eigenvalue weighted by molar-refractivity contribution is 7.89. The zero-order valence-corrected chi connectivity index (χ0v) is 16.2. The Kier molecular flexibility index (Phi) is 5.87. The molecule has 2 aromatic carbocycles. The number of carbonyl (C=O) groups excluding carboxylic acids is 1. The average Bonchev–Trinajstić information content (AvgIpc) is 2.64. The number of benzene rings is 2. The van der Waals surface area contributed by atoms with Crippen LogP contribution in [0.4, 0.5) is 5.69 Å². The molecule has 0 aliphatic carbocycles. The number of nitrogens with one attached hydrogen (secondary N) is 1. The second-order valence-corrected chi connectivity index (χ2v) is 8.82. The Morgan fingerprint density at radius 2 is 1.62 bits per heavy atom. The van der Waals surface area contributed by atoms with Crippen LogP contribution in [0.5, 0.6) is 0 Å².